The van der Waals surface area contributed by atoms with Crippen molar-refractivity contribution in [2.24, 2.45) is 0 Å². The lowest BCUT2D eigenvalue weighted by Gasteiger charge is -2.12. The summed E-state index contributed by atoms with van der Waals surface area (Å²) in [6, 6.07) is 59.1. The standard InChI is InChI=1S/C51H35N3O/c1-4-12-34(13-5-1)36-20-22-38(23-21-36)39-28-30-42(31-29-39)50-52-49(41-16-8-3-9-17-41)53-51(54-50)45-32-43(33-47-48(45)44-18-10-11-19-46(44)55-47)40-26-24-37(25-27-40)35-14-6-2-7-15-35/h2-4,6-33H,1,5H2. The maximum Gasteiger partial charge on any atom is 0.164 e. The molecule has 1 aliphatic carbocycles. The van der Waals surface area contributed by atoms with E-state index < -0.39 is 0 Å². The number of para-hydroxylation sites is 1. The minimum absolute atomic E-state index is 0.592. The van der Waals surface area contributed by atoms with E-state index in [9.17, 15) is 0 Å². The molecule has 0 bridgehead atoms. The molecule has 7 aromatic carbocycles. The number of allylic oxidation sites excluding steroid dienone is 4. The molecular weight excluding hydrogens is 671 g/mol. The zero-order chi connectivity index (χ0) is 36.6. The second-order valence-electron chi connectivity index (χ2n) is 13.9. The van der Waals surface area contributed by atoms with Crippen molar-refractivity contribution in [2.75, 3.05) is 0 Å². The Kier molecular flexibility index (Phi) is 8.27. The summed E-state index contributed by atoms with van der Waals surface area (Å²) >= 11 is 0. The topological polar surface area (TPSA) is 51.8 Å². The molecule has 4 nitrogen and oxygen atoms in total. The summed E-state index contributed by atoms with van der Waals surface area (Å²) in [5, 5.41) is 2.00. The highest BCUT2D eigenvalue weighted by molar-refractivity contribution is 6.13. The van der Waals surface area contributed by atoms with Crippen molar-refractivity contribution in [3.8, 4) is 67.5 Å². The average Bonchev–Trinajstić information content (AvgIpc) is 3.66. The van der Waals surface area contributed by atoms with Gasteiger partial charge in [-0.3, -0.25) is 0 Å². The molecule has 10 rings (SSSR count). The van der Waals surface area contributed by atoms with E-state index >= 15 is 0 Å². The number of hydrogen-bond acceptors (Lipinski definition) is 4. The predicted molar refractivity (Wildman–Crippen MR) is 226 cm³/mol. The fourth-order valence-corrected chi connectivity index (χ4v) is 7.52. The first-order chi connectivity index (χ1) is 27.2. The Hall–Kier alpha value is -7.17. The molecule has 4 heteroatoms. The van der Waals surface area contributed by atoms with E-state index in [4.69, 9.17) is 19.4 Å². The van der Waals surface area contributed by atoms with Crippen molar-refractivity contribution in [1.29, 1.82) is 0 Å². The summed E-state index contributed by atoms with van der Waals surface area (Å²) < 4.78 is 6.52. The van der Waals surface area contributed by atoms with Gasteiger partial charge in [-0.05, 0) is 75.6 Å². The number of benzene rings is 7. The van der Waals surface area contributed by atoms with Crippen LogP contribution in [0.25, 0.3) is 95.1 Å². The lowest BCUT2D eigenvalue weighted by molar-refractivity contribution is 0.669. The van der Waals surface area contributed by atoms with Crippen molar-refractivity contribution >= 4 is 27.5 Å². The van der Waals surface area contributed by atoms with Crippen LogP contribution >= 0.6 is 0 Å². The first kappa shape index (κ1) is 32.5. The normalized spacial score (nSPS) is 12.6. The molecule has 2 heterocycles. The van der Waals surface area contributed by atoms with Crippen LogP contribution in [0, 0.1) is 0 Å². The van der Waals surface area contributed by atoms with Crippen LogP contribution in [0.4, 0.5) is 0 Å². The third kappa shape index (κ3) is 6.34. The third-order valence-electron chi connectivity index (χ3n) is 10.4. The van der Waals surface area contributed by atoms with Gasteiger partial charge in [0.05, 0.1) is 0 Å². The van der Waals surface area contributed by atoms with Gasteiger partial charge in [0.1, 0.15) is 11.2 Å². The van der Waals surface area contributed by atoms with E-state index in [-0.39, 0.29) is 0 Å². The molecular formula is C51H35N3O. The van der Waals surface area contributed by atoms with Crippen LogP contribution in [-0.4, -0.2) is 15.0 Å². The van der Waals surface area contributed by atoms with Crippen LogP contribution in [0.5, 0.6) is 0 Å². The Balaban J connectivity index is 1.09. The lowest BCUT2D eigenvalue weighted by atomic mass is 9.96. The number of nitrogens with zero attached hydrogens (tertiary/aromatic N) is 3. The second kappa shape index (κ2) is 14.0. The van der Waals surface area contributed by atoms with Gasteiger partial charge in [-0.25, -0.2) is 15.0 Å². The first-order valence-corrected chi connectivity index (χ1v) is 18.7. The Labute approximate surface area is 319 Å². The van der Waals surface area contributed by atoms with Crippen molar-refractivity contribution in [3.63, 3.8) is 0 Å². The zero-order valence-corrected chi connectivity index (χ0v) is 30.1. The van der Waals surface area contributed by atoms with Gasteiger partial charge in [-0.1, -0.05) is 170 Å². The van der Waals surface area contributed by atoms with E-state index in [1.807, 2.05) is 54.6 Å². The Morgan fingerprint density at radius 1 is 0.382 bits per heavy atom. The van der Waals surface area contributed by atoms with Crippen molar-refractivity contribution in [1.82, 2.24) is 15.0 Å². The molecule has 0 aliphatic heterocycles. The molecule has 0 atom stereocenters. The van der Waals surface area contributed by atoms with Gasteiger partial charge < -0.3 is 4.42 Å². The highest BCUT2D eigenvalue weighted by Crippen LogP contribution is 2.40. The number of fused-ring (bicyclic) bond motifs is 3. The van der Waals surface area contributed by atoms with Gasteiger partial charge >= 0.3 is 0 Å². The van der Waals surface area contributed by atoms with E-state index in [0.29, 0.717) is 17.5 Å². The zero-order valence-electron chi connectivity index (χ0n) is 30.1. The van der Waals surface area contributed by atoms with Crippen LogP contribution in [0.15, 0.2) is 193 Å². The minimum atomic E-state index is 0.592. The first-order valence-electron chi connectivity index (χ1n) is 18.7. The highest BCUT2D eigenvalue weighted by atomic mass is 16.3. The van der Waals surface area contributed by atoms with Crippen LogP contribution < -0.4 is 0 Å². The predicted octanol–water partition coefficient (Wildman–Crippen LogP) is 13.5. The molecule has 0 saturated carbocycles. The summed E-state index contributed by atoms with van der Waals surface area (Å²) in [5.41, 5.74) is 13.6. The second-order valence-corrected chi connectivity index (χ2v) is 13.9. The number of rotatable bonds is 7. The molecule has 0 fully saturated rings. The van der Waals surface area contributed by atoms with Gasteiger partial charge in [-0.2, -0.15) is 0 Å². The summed E-state index contributed by atoms with van der Waals surface area (Å²) in [6.07, 6.45) is 9.00. The summed E-state index contributed by atoms with van der Waals surface area (Å²) in [7, 11) is 0. The number of furan rings is 1. The lowest BCUT2D eigenvalue weighted by Crippen LogP contribution is -2.00. The fourth-order valence-electron chi connectivity index (χ4n) is 7.52. The quantitative estimate of drug-likeness (QED) is 0.166. The van der Waals surface area contributed by atoms with E-state index in [1.165, 1.54) is 27.8 Å². The van der Waals surface area contributed by atoms with Crippen molar-refractivity contribution in [2.45, 2.75) is 12.8 Å². The fraction of sp³-hybridized carbons (Fsp3) is 0.0392. The van der Waals surface area contributed by atoms with Crippen molar-refractivity contribution in [3.05, 3.63) is 194 Å². The van der Waals surface area contributed by atoms with Gasteiger partial charge in [-0.15, -0.1) is 0 Å². The summed E-state index contributed by atoms with van der Waals surface area (Å²) in [6.45, 7) is 0. The maximum absolute atomic E-state index is 6.52. The monoisotopic (exact) mass is 705 g/mol. The van der Waals surface area contributed by atoms with Gasteiger partial charge in [0, 0.05) is 27.5 Å². The molecule has 55 heavy (non-hydrogen) atoms. The molecule has 9 aromatic rings. The molecule has 0 spiro atoms. The maximum atomic E-state index is 6.52. The van der Waals surface area contributed by atoms with Crippen LogP contribution in [-0.2, 0) is 0 Å². The molecule has 0 amide bonds. The minimum Gasteiger partial charge on any atom is -0.456 e. The van der Waals surface area contributed by atoms with Gasteiger partial charge in [0.25, 0.3) is 0 Å². The van der Waals surface area contributed by atoms with Crippen LogP contribution in [0.1, 0.15) is 18.4 Å². The molecule has 260 valence electrons. The Bertz CT molecular complexity index is 2870. The molecule has 0 N–H and O–H groups in total. The highest BCUT2D eigenvalue weighted by Gasteiger charge is 2.20. The van der Waals surface area contributed by atoms with E-state index in [2.05, 4.69) is 133 Å². The third-order valence-corrected chi connectivity index (χ3v) is 10.4. The van der Waals surface area contributed by atoms with Crippen LogP contribution in [0.3, 0.4) is 0 Å². The Morgan fingerprint density at radius 3 is 1.49 bits per heavy atom. The molecule has 2 aromatic heterocycles. The molecule has 0 saturated heterocycles. The largest absolute Gasteiger partial charge is 0.456 e. The van der Waals surface area contributed by atoms with Gasteiger partial charge in [0.2, 0.25) is 0 Å². The van der Waals surface area contributed by atoms with Crippen molar-refractivity contribution < 1.29 is 4.42 Å². The van der Waals surface area contributed by atoms with Gasteiger partial charge in [0.15, 0.2) is 17.5 Å². The molecule has 0 unspecified atom stereocenters. The van der Waals surface area contributed by atoms with Crippen LogP contribution in [0.2, 0.25) is 0 Å². The number of aromatic nitrogens is 3. The molecule has 0 radical (unpaired) electrons. The average molecular weight is 706 g/mol. The van der Waals surface area contributed by atoms with E-state index in [1.54, 1.807) is 0 Å². The SMILES string of the molecule is C1=CC(c2ccc(-c3ccc(-c4nc(-c5ccccc5)nc(-c5cc(-c6ccc(-c7ccccc7)cc6)cc6oc7ccccc7c56)n4)cc3)cc2)=CCC1. The van der Waals surface area contributed by atoms with E-state index in [0.717, 1.165) is 68.2 Å². The summed E-state index contributed by atoms with van der Waals surface area (Å²) in [5.74, 6) is 1.82. The number of hydrogen-bond donors (Lipinski definition) is 0. The molecule has 1 aliphatic rings. The smallest absolute Gasteiger partial charge is 0.164 e. The Morgan fingerprint density at radius 2 is 0.873 bits per heavy atom. The summed E-state index contributed by atoms with van der Waals surface area (Å²) in [4.78, 5) is 15.4.